The zero-order chi connectivity index (χ0) is 14.7. The Hall–Kier alpha value is -0.140. The van der Waals surface area contributed by atoms with Crippen LogP contribution >= 0.6 is 43.2 Å². The van der Waals surface area contributed by atoms with E-state index in [1.807, 2.05) is 6.07 Å². The summed E-state index contributed by atoms with van der Waals surface area (Å²) in [5.41, 5.74) is 6.00. The van der Waals surface area contributed by atoms with Crippen molar-refractivity contribution in [1.29, 1.82) is 0 Å². The van der Waals surface area contributed by atoms with E-state index in [0.29, 0.717) is 17.3 Å². The van der Waals surface area contributed by atoms with Gasteiger partial charge in [-0.15, -0.1) is 11.3 Å². The molecule has 0 bridgehead atoms. The minimum Gasteiger partial charge on any atom is -0.451 e. The lowest BCUT2D eigenvalue weighted by molar-refractivity contribution is 0.131. The fourth-order valence-electron chi connectivity index (χ4n) is 2.18. The standard InChI is InChI=1S/C14H18Br2N2OS/c1-9(2)18(8-10-4-3-5-20-10)12(7-17)13-6-11(15)14(16)19-13/h3-6,9,12H,7-8,17H2,1-2H3. The van der Waals surface area contributed by atoms with Gasteiger partial charge in [-0.05, 0) is 63.2 Å². The Bertz CT molecular complexity index is 520. The zero-order valence-corrected chi connectivity index (χ0v) is 15.5. The molecule has 0 saturated carbocycles. The molecule has 2 rings (SSSR count). The number of hydrogen-bond acceptors (Lipinski definition) is 4. The highest BCUT2D eigenvalue weighted by molar-refractivity contribution is 9.13. The van der Waals surface area contributed by atoms with Crippen molar-refractivity contribution in [2.24, 2.45) is 5.73 Å². The van der Waals surface area contributed by atoms with E-state index in [1.165, 1.54) is 4.88 Å². The minimum atomic E-state index is 0.0692. The molecule has 3 nitrogen and oxygen atoms in total. The van der Waals surface area contributed by atoms with Crippen LogP contribution in [-0.4, -0.2) is 17.5 Å². The molecule has 110 valence electrons. The Kier molecular flexibility index (Phi) is 5.86. The number of nitrogens with two attached hydrogens (primary N) is 1. The second-order valence-electron chi connectivity index (χ2n) is 4.87. The molecule has 2 aromatic rings. The number of thiophene rings is 1. The summed E-state index contributed by atoms with van der Waals surface area (Å²) in [6.07, 6.45) is 0. The zero-order valence-electron chi connectivity index (χ0n) is 11.5. The van der Waals surface area contributed by atoms with Crippen LogP contribution in [0.1, 0.15) is 30.5 Å². The van der Waals surface area contributed by atoms with Gasteiger partial charge in [-0.3, -0.25) is 4.90 Å². The lowest BCUT2D eigenvalue weighted by atomic mass is 10.1. The van der Waals surface area contributed by atoms with Crippen molar-refractivity contribution in [2.75, 3.05) is 6.54 Å². The highest BCUT2D eigenvalue weighted by atomic mass is 79.9. The lowest BCUT2D eigenvalue weighted by Crippen LogP contribution is -2.37. The van der Waals surface area contributed by atoms with Crippen molar-refractivity contribution < 1.29 is 4.42 Å². The second-order valence-corrected chi connectivity index (χ2v) is 7.47. The summed E-state index contributed by atoms with van der Waals surface area (Å²) in [5.74, 6) is 0.886. The average molecular weight is 422 g/mol. The van der Waals surface area contributed by atoms with Gasteiger partial charge in [0, 0.05) is 24.0 Å². The summed E-state index contributed by atoms with van der Waals surface area (Å²) in [5, 5.41) is 2.10. The molecule has 0 fully saturated rings. The van der Waals surface area contributed by atoms with Crippen LogP contribution in [0.3, 0.4) is 0 Å². The molecule has 6 heteroatoms. The number of hydrogen-bond donors (Lipinski definition) is 1. The molecule has 0 aromatic carbocycles. The van der Waals surface area contributed by atoms with Gasteiger partial charge in [-0.2, -0.15) is 0 Å². The van der Waals surface area contributed by atoms with Crippen LogP contribution in [0.2, 0.25) is 0 Å². The van der Waals surface area contributed by atoms with Gasteiger partial charge in [0.15, 0.2) is 4.67 Å². The fraction of sp³-hybridized carbons (Fsp3) is 0.429. The van der Waals surface area contributed by atoms with Gasteiger partial charge in [0.05, 0.1) is 10.5 Å². The Morgan fingerprint density at radius 2 is 2.15 bits per heavy atom. The lowest BCUT2D eigenvalue weighted by Gasteiger charge is -2.32. The molecule has 0 aliphatic heterocycles. The predicted molar refractivity (Wildman–Crippen MR) is 90.9 cm³/mol. The Morgan fingerprint density at radius 1 is 1.40 bits per heavy atom. The van der Waals surface area contributed by atoms with Gasteiger partial charge in [-0.25, -0.2) is 0 Å². The van der Waals surface area contributed by atoms with E-state index in [9.17, 15) is 0 Å². The molecule has 0 amide bonds. The van der Waals surface area contributed by atoms with E-state index in [0.717, 1.165) is 16.8 Å². The Labute approximate surface area is 140 Å². The molecule has 0 saturated heterocycles. The third kappa shape index (κ3) is 3.74. The van der Waals surface area contributed by atoms with Crippen LogP contribution in [0.4, 0.5) is 0 Å². The highest BCUT2D eigenvalue weighted by Gasteiger charge is 2.26. The maximum atomic E-state index is 6.00. The van der Waals surface area contributed by atoms with E-state index in [2.05, 4.69) is 68.1 Å². The first-order valence-corrected chi connectivity index (χ1v) is 8.92. The smallest absolute Gasteiger partial charge is 0.183 e. The molecule has 0 spiro atoms. The van der Waals surface area contributed by atoms with Crippen LogP contribution in [0.5, 0.6) is 0 Å². The molecule has 0 aliphatic rings. The summed E-state index contributed by atoms with van der Waals surface area (Å²) in [6.45, 7) is 5.77. The van der Waals surface area contributed by atoms with Crippen LogP contribution in [0, 0.1) is 0 Å². The van der Waals surface area contributed by atoms with Crippen LogP contribution < -0.4 is 5.73 Å². The molecule has 1 unspecified atom stereocenters. The van der Waals surface area contributed by atoms with Gasteiger partial charge < -0.3 is 10.2 Å². The minimum absolute atomic E-state index is 0.0692. The van der Waals surface area contributed by atoms with E-state index in [1.54, 1.807) is 11.3 Å². The molecule has 1 atom stereocenters. The van der Waals surface area contributed by atoms with Gasteiger partial charge >= 0.3 is 0 Å². The second kappa shape index (κ2) is 7.22. The first-order chi connectivity index (χ1) is 9.52. The van der Waals surface area contributed by atoms with Gasteiger partial charge in [-0.1, -0.05) is 6.07 Å². The first-order valence-electron chi connectivity index (χ1n) is 6.45. The van der Waals surface area contributed by atoms with E-state index in [4.69, 9.17) is 10.2 Å². The summed E-state index contributed by atoms with van der Waals surface area (Å²) >= 11 is 8.62. The topological polar surface area (TPSA) is 42.4 Å². The van der Waals surface area contributed by atoms with Gasteiger partial charge in [0.1, 0.15) is 5.76 Å². The average Bonchev–Trinajstić information content (AvgIpc) is 3.00. The molecule has 2 heterocycles. The molecule has 0 radical (unpaired) electrons. The Morgan fingerprint density at radius 3 is 2.60 bits per heavy atom. The van der Waals surface area contributed by atoms with E-state index >= 15 is 0 Å². The number of halogens is 2. The quantitative estimate of drug-likeness (QED) is 0.729. The summed E-state index contributed by atoms with van der Waals surface area (Å²) in [4.78, 5) is 3.70. The van der Waals surface area contributed by atoms with E-state index < -0.39 is 0 Å². The van der Waals surface area contributed by atoms with E-state index in [-0.39, 0.29) is 6.04 Å². The monoisotopic (exact) mass is 420 g/mol. The van der Waals surface area contributed by atoms with Crippen molar-refractivity contribution in [3.63, 3.8) is 0 Å². The maximum absolute atomic E-state index is 6.00. The van der Waals surface area contributed by atoms with Crippen molar-refractivity contribution in [1.82, 2.24) is 4.90 Å². The van der Waals surface area contributed by atoms with Gasteiger partial charge in [0.2, 0.25) is 0 Å². The Balaban J connectivity index is 2.25. The molecule has 2 aromatic heterocycles. The number of rotatable bonds is 6. The summed E-state index contributed by atoms with van der Waals surface area (Å²) < 4.78 is 7.40. The SMILES string of the molecule is CC(C)N(Cc1cccs1)C(CN)c1cc(Br)c(Br)o1. The molecule has 20 heavy (non-hydrogen) atoms. The summed E-state index contributed by atoms with van der Waals surface area (Å²) in [6, 6.07) is 6.68. The number of nitrogens with zero attached hydrogens (tertiary/aromatic N) is 1. The van der Waals surface area contributed by atoms with Crippen LogP contribution in [0.15, 0.2) is 37.1 Å². The van der Waals surface area contributed by atoms with Crippen molar-refractivity contribution in [2.45, 2.75) is 32.5 Å². The third-order valence-electron chi connectivity index (χ3n) is 3.20. The predicted octanol–water partition coefficient (Wildman–Crippen LogP) is 4.78. The van der Waals surface area contributed by atoms with Crippen LogP contribution in [-0.2, 0) is 6.54 Å². The normalized spacial score (nSPS) is 13.3. The van der Waals surface area contributed by atoms with Crippen molar-refractivity contribution in [3.8, 4) is 0 Å². The molecule has 0 aliphatic carbocycles. The summed E-state index contributed by atoms with van der Waals surface area (Å²) in [7, 11) is 0. The maximum Gasteiger partial charge on any atom is 0.183 e. The largest absolute Gasteiger partial charge is 0.451 e. The molecule has 2 N–H and O–H groups in total. The van der Waals surface area contributed by atoms with Crippen molar-refractivity contribution in [3.05, 3.63) is 43.4 Å². The molecular formula is C14H18Br2N2OS. The highest BCUT2D eigenvalue weighted by Crippen LogP contribution is 2.33. The third-order valence-corrected chi connectivity index (χ3v) is 5.77. The van der Waals surface area contributed by atoms with Gasteiger partial charge in [0.25, 0.3) is 0 Å². The van der Waals surface area contributed by atoms with Crippen molar-refractivity contribution >= 4 is 43.2 Å². The number of furan rings is 1. The fourth-order valence-corrected chi connectivity index (χ4v) is 3.50. The molecular weight excluding hydrogens is 404 g/mol. The first kappa shape index (κ1) is 16.2. The van der Waals surface area contributed by atoms with Crippen LogP contribution in [0.25, 0.3) is 0 Å².